The van der Waals surface area contributed by atoms with Gasteiger partial charge in [-0.3, -0.25) is 0 Å². The maximum atomic E-state index is 11.3. The number of hydrogen-bond acceptors (Lipinski definition) is 2. The van der Waals surface area contributed by atoms with E-state index in [4.69, 9.17) is 12.6 Å². The molecule has 0 aromatic heterocycles. The monoisotopic (exact) mass is 172 g/mol. The molecule has 0 saturated carbocycles. The van der Waals surface area contributed by atoms with Crippen LogP contribution in [0, 0.1) is 0 Å². The summed E-state index contributed by atoms with van der Waals surface area (Å²) < 4.78 is 5.07. The van der Waals surface area contributed by atoms with Crippen LogP contribution in [-0.2, 0) is 11.2 Å². The van der Waals surface area contributed by atoms with E-state index in [-0.39, 0.29) is 12.1 Å². The Labute approximate surface area is 78.3 Å². The first kappa shape index (κ1) is 8.36. The molecule has 0 aliphatic carbocycles. The average molecular weight is 172 g/mol. The van der Waals surface area contributed by atoms with Crippen molar-refractivity contribution in [2.24, 2.45) is 0 Å². The molecule has 0 fully saturated rings. The van der Waals surface area contributed by atoms with Gasteiger partial charge in [0, 0.05) is 6.42 Å². The number of ether oxygens (including phenoxy) is 1. The highest BCUT2D eigenvalue weighted by atomic mass is 16.5. The summed E-state index contributed by atoms with van der Waals surface area (Å²) in [6, 6.07) is 5.28. The van der Waals surface area contributed by atoms with Crippen LogP contribution in [0.4, 0.5) is 0 Å². The molecule has 1 aliphatic heterocycles. The van der Waals surface area contributed by atoms with Crippen LogP contribution in [0.5, 0.6) is 0 Å². The molecule has 0 N–H and O–H groups in total. The molecule has 3 heteroatoms. The molecule has 2 rings (SSSR count). The first-order valence-corrected chi connectivity index (χ1v) is 4.26. The Morgan fingerprint density at radius 1 is 1.54 bits per heavy atom. The van der Waals surface area contributed by atoms with E-state index in [1.54, 1.807) is 12.1 Å². The summed E-state index contributed by atoms with van der Waals surface area (Å²) in [5.74, 6) is -0.242. The normalized spacial score (nSPS) is 20.7. The summed E-state index contributed by atoms with van der Waals surface area (Å²) in [6.45, 7) is 1.88. The summed E-state index contributed by atoms with van der Waals surface area (Å²) in [4.78, 5) is 11.3. The van der Waals surface area contributed by atoms with E-state index in [0.717, 1.165) is 12.0 Å². The molecule has 1 atom stereocenters. The minimum atomic E-state index is -0.242. The molecule has 0 spiro atoms. The van der Waals surface area contributed by atoms with Crippen molar-refractivity contribution in [1.82, 2.24) is 0 Å². The molecule has 1 aromatic carbocycles. The molecule has 0 bridgehead atoms. The Bertz CT molecular complexity index is 360. The van der Waals surface area contributed by atoms with Gasteiger partial charge in [0.25, 0.3) is 0 Å². The summed E-state index contributed by atoms with van der Waals surface area (Å²) in [6.07, 6.45) is 0.716. The van der Waals surface area contributed by atoms with E-state index >= 15 is 0 Å². The van der Waals surface area contributed by atoms with Crippen molar-refractivity contribution in [2.45, 2.75) is 19.4 Å². The SMILES string of the molecule is [B]c1ccc2c(c1)C[C@@H](C)OC2=O. The van der Waals surface area contributed by atoms with E-state index in [1.165, 1.54) is 0 Å². The van der Waals surface area contributed by atoms with Gasteiger partial charge in [-0.15, -0.1) is 0 Å². The van der Waals surface area contributed by atoms with Crippen molar-refractivity contribution in [2.75, 3.05) is 0 Å². The second kappa shape index (κ2) is 2.91. The van der Waals surface area contributed by atoms with E-state index in [9.17, 15) is 4.79 Å². The van der Waals surface area contributed by atoms with Crippen molar-refractivity contribution in [3.8, 4) is 0 Å². The van der Waals surface area contributed by atoms with Crippen molar-refractivity contribution in [3.63, 3.8) is 0 Å². The van der Waals surface area contributed by atoms with Crippen molar-refractivity contribution >= 4 is 19.3 Å². The zero-order valence-corrected chi connectivity index (χ0v) is 7.41. The van der Waals surface area contributed by atoms with Crippen LogP contribution in [0.15, 0.2) is 18.2 Å². The molecule has 1 aliphatic rings. The lowest BCUT2D eigenvalue weighted by Crippen LogP contribution is -2.26. The fourth-order valence-electron chi connectivity index (χ4n) is 1.58. The van der Waals surface area contributed by atoms with Gasteiger partial charge in [0.05, 0.1) is 5.56 Å². The van der Waals surface area contributed by atoms with Gasteiger partial charge in [-0.05, 0) is 18.6 Å². The lowest BCUT2D eigenvalue weighted by Gasteiger charge is -2.21. The maximum Gasteiger partial charge on any atom is 0.338 e. The second-order valence-electron chi connectivity index (χ2n) is 3.34. The molecule has 2 radical (unpaired) electrons. The fourth-order valence-corrected chi connectivity index (χ4v) is 1.58. The van der Waals surface area contributed by atoms with Crippen LogP contribution in [-0.4, -0.2) is 19.9 Å². The lowest BCUT2D eigenvalue weighted by molar-refractivity contribution is 0.0301. The summed E-state index contributed by atoms with van der Waals surface area (Å²) in [5.41, 5.74) is 2.33. The first-order valence-electron chi connectivity index (χ1n) is 4.26. The molecule has 0 saturated heterocycles. The van der Waals surface area contributed by atoms with Gasteiger partial charge in [0.15, 0.2) is 0 Å². The van der Waals surface area contributed by atoms with E-state index in [0.29, 0.717) is 11.0 Å². The number of benzene rings is 1. The summed E-state index contributed by atoms with van der Waals surface area (Å²) >= 11 is 0. The lowest BCUT2D eigenvalue weighted by atomic mass is 9.89. The Balaban J connectivity index is 2.49. The third-order valence-corrected chi connectivity index (χ3v) is 2.16. The molecule has 64 valence electrons. The third kappa shape index (κ3) is 1.46. The van der Waals surface area contributed by atoms with Crippen molar-refractivity contribution < 1.29 is 9.53 Å². The van der Waals surface area contributed by atoms with Crippen molar-refractivity contribution in [1.29, 1.82) is 0 Å². The fraction of sp³-hybridized carbons (Fsp3) is 0.300. The van der Waals surface area contributed by atoms with Crippen LogP contribution in [0.3, 0.4) is 0 Å². The average Bonchev–Trinajstić information content (AvgIpc) is 2.02. The van der Waals surface area contributed by atoms with Gasteiger partial charge in [0.2, 0.25) is 0 Å². The van der Waals surface area contributed by atoms with Crippen LogP contribution >= 0.6 is 0 Å². The molecule has 13 heavy (non-hydrogen) atoms. The number of rotatable bonds is 0. The molecule has 0 unspecified atom stereocenters. The van der Waals surface area contributed by atoms with Crippen molar-refractivity contribution in [3.05, 3.63) is 29.3 Å². The minimum absolute atomic E-state index is 0.0400. The Morgan fingerprint density at radius 2 is 2.31 bits per heavy atom. The zero-order valence-electron chi connectivity index (χ0n) is 7.41. The highest BCUT2D eigenvalue weighted by Gasteiger charge is 2.22. The smallest absolute Gasteiger partial charge is 0.338 e. The third-order valence-electron chi connectivity index (χ3n) is 2.16. The Kier molecular flexibility index (Phi) is 1.87. The number of hydrogen-bond donors (Lipinski definition) is 0. The largest absolute Gasteiger partial charge is 0.459 e. The molecule has 2 nitrogen and oxygen atoms in total. The number of esters is 1. The van der Waals surface area contributed by atoms with E-state index in [1.807, 2.05) is 13.0 Å². The van der Waals surface area contributed by atoms with Gasteiger partial charge >= 0.3 is 5.97 Å². The number of fused-ring (bicyclic) bond motifs is 1. The van der Waals surface area contributed by atoms with Gasteiger partial charge in [0.1, 0.15) is 14.0 Å². The minimum Gasteiger partial charge on any atom is -0.459 e. The van der Waals surface area contributed by atoms with Gasteiger partial charge in [-0.1, -0.05) is 17.6 Å². The van der Waals surface area contributed by atoms with Gasteiger partial charge in [-0.2, -0.15) is 0 Å². The quantitative estimate of drug-likeness (QED) is 0.422. The van der Waals surface area contributed by atoms with Crippen LogP contribution in [0.1, 0.15) is 22.8 Å². The van der Waals surface area contributed by atoms with Gasteiger partial charge in [-0.25, -0.2) is 4.79 Å². The standard InChI is InChI=1S/C10H9BO2/c1-6-4-7-5-8(11)2-3-9(7)10(12)13-6/h2-3,5-6H,4H2,1H3/t6-/m1/s1. The highest BCUT2D eigenvalue weighted by Crippen LogP contribution is 2.18. The highest BCUT2D eigenvalue weighted by molar-refractivity contribution is 6.32. The van der Waals surface area contributed by atoms with E-state index in [2.05, 4.69) is 0 Å². The van der Waals surface area contributed by atoms with Crippen LogP contribution in [0.25, 0.3) is 0 Å². The Hall–Kier alpha value is -1.25. The topological polar surface area (TPSA) is 26.3 Å². The zero-order chi connectivity index (χ0) is 9.42. The summed E-state index contributed by atoms with van der Waals surface area (Å²) in [5, 5.41) is 0. The second-order valence-corrected chi connectivity index (χ2v) is 3.34. The van der Waals surface area contributed by atoms with Crippen LogP contribution < -0.4 is 5.46 Å². The first-order chi connectivity index (χ1) is 6.16. The maximum absolute atomic E-state index is 11.3. The molecule has 0 amide bonds. The molecule has 1 heterocycles. The van der Waals surface area contributed by atoms with E-state index < -0.39 is 0 Å². The number of carbonyl (C=O) groups is 1. The van der Waals surface area contributed by atoms with Gasteiger partial charge < -0.3 is 4.74 Å². The predicted octanol–water partition coefficient (Wildman–Crippen LogP) is 0.582. The van der Waals surface area contributed by atoms with Crippen LogP contribution in [0.2, 0.25) is 0 Å². The number of carbonyl (C=O) groups excluding carboxylic acids is 1. The molecular weight excluding hydrogens is 163 g/mol. The molecule has 1 aromatic rings. The predicted molar refractivity (Wildman–Crippen MR) is 50.4 cm³/mol. The number of cyclic esters (lactones) is 1. The Morgan fingerprint density at radius 3 is 3.08 bits per heavy atom. The summed E-state index contributed by atoms with van der Waals surface area (Å²) in [7, 11) is 5.62. The molecular formula is C10H9BO2.